The zero-order valence-electron chi connectivity index (χ0n) is 7.61. The second-order valence-corrected chi connectivity index (χ2v) is 5.02. The van der Waals surface area contributed by atoms with Gasteiger partial charge in [-0.2, -0.15) is 0 Å². The number of carbonyl (C=O) groups is 1. The molecule has 0 aromatic rings. The van der Waals surface area contributed by atoms with E-state index >= 15 is 0 Å². The number of hydrogen-bond donors (Lipinski definition) is 0. The van der Waals surface area contributed by atoms with E-state index in [9.17, 15) is 4.79 Å². The van der Waals surface area contributed by atoms with E-state index in [0.29, 0.717) is 17.1 Å². The molecule has 0 aliphatic heterocycles. The van der Waals surface area contributed by atoms with E-state index in [4.69, 9.17) is 0 Å². The molecule has 0 aromatic heterocycles. The normalized spacial score (nSPS) is 46.8. The maximum Gasteiger partial charge on any atom is 0.137 e. The summed E-state index contributed by atoms with van der Waals surface area (Å²) in [4.78, 5) is 11.5. The number of hydrogen-bond acceptors (Lipinski definition) is 1. The Hall–Kier alpha value is -0.330. The zero-order valence-corrected chi connectivity index (χ0v) is 7.61. The molecule has 0 heterocycles. The highest BCUT2D eigenvalue weighted by Crippen LogP contribution is 2.63. The molecule has 0 aromatic carbocycles. The first kappa shape index (κ1) is 7.33. The standard InChI is InChI=1S/C10H16O/c1-9(2)7-4-5-10(9,3)6-8(7)11/h7H,4-6H2,1-3H3/t7-,10?/m1/s1. The van der Waals surface area contributed by atoms with E-state index in [2.05, 4.69) is 20.8 Å². The Labute approximate surface area is 68.2 Å². The van der Waals surface area contributed by atoms with Crippen LogP contribution >= 0.6 is 0 Å². The second kappa shape index (κ2) is 1.70. The third kappa shape index (κ3) is 0.646. The van der Waals surface area contributed by atoms with Crippen LogP contribution in [0.5, 0.6) is 0 Å². The largest absolute Gasteiger partial charge is 0.299 e. The second-order valence-electron chi connectivity index (χ2n) is 5.02. The lowest BCUT2D eigenvalue weighted by molar-refractivity contribution is -0.122. The SMILES string of the molecule is CC12CC[C@H](C(=O)C1)C2(C)C. The predicted octanol–water partition coefficient (Wildman–Crippen LogP) is 2.40. The third-order valence-corrected chi connectivity index (χ3v) is 4.36. The summed E-state index contributed by atoms with van der Waals surface area (Å²) in [5.74, 6) is 0.899. The summed E-state index contributed by atoms with van der Waals surface area (Å²) < 4.78 is 0. The smallest absolute Gasteiger partial charge is 0.137 e. The van der Waals surface area contributed by atoms with Crippen molar-refractivity contribution in [2.45, 2.75) is 40.0 Å². The fourth-order valence-electron chi connectivity index (χ4n) is 2.95. The Kier molecular flexibility index (Phi) is 1.13. The van der Waals surface area contributed by atoms with E-state index in [-0.39, 0.29) is 5.41 Å². The third-order valence-electron chi connectivity index (χ3n) is 4.36. The molecule has 62 valence electrons. The van der Waals surface area contributed by atoms with Crippen molar-refractivity contribution in [3.05, 3.63) is 0 Å². The van der Waals surface area contributed by atoms with Gasteiger partial charge in [0.05, 0.1) is 0 Å². The van der Waals surface area contributed by atoms with Crippen molar-refractivity contribution in [1.29, 1.82) is 0 Å². The highest BCUT2D eigenvalue weighted by atomic mass is 16.1. The van der Waals surface area contributed by atoms with E-state index in [1.54, 1.807) is 0 Å². The van der Waals surface area contributed by atoms with Crippen LogP contribution in [0.4, 0.5) is 0 Å². The maximum atomic E-state index is 11.5. The van der Waals surface area contributed by atoms with E-state index in [0.717, 1.165) is 12.8 Å². The van der Waals surface area contributed by atoms with Crippen LogP contribution in [0.25, 0.3) is 0 Å². The average Bonchev–Trinajstić information content (AvgIpc) is 2.13. The van der Waals surface area contributed by atoms with Crippen molar-refractivity contribution in [2.24, 2.45) is 16.7 Å². The Balaban J connectivity index is 2.45. The van der Waals surface area contributed by atoms with E-state index < -0.39 is 0 Å². The number of fused-ring (bicyclic) bond motifs is 2. The molecule has 2 aliphatic carbocycles. The summed E-state index contributed by atoms with van der Waals surface area (Å²) in [6, 6.07) is 0. The molecule has 2 saturated carbocycles. The summed E-state index contributed by atoms with van der Waals surface area (Å²) in [6.07, 6.45) is 3.24. The molecule has 2 aliphatic rings. The van der Waals surface area contributed by atoms with Gasteiger partial charge in [0.1, 0.15) is 5.78 Å². The van der Waals surface area contributed by atoms with Crippen molar-refractivity contribution < 1.29 is 4.79 Å². The number of Topliss-reactive ketones (excluding diaryl/α,β-unsaturated/α-hetero) is 1. The molecule has 1 heteroatoms. The monoisotopic (exact) mass is 152 g/mol. The average molecular weight is 152 g/mol. The van der Waals surface area contributed by atoms with Crippen molar-refractivity contribution in [3.8, 4) is 0 Å². The van der Waals surface area contributed by atoms with Gasteiger partial charge in [0.25, 0.3) is 0 Å². The molecule has 0 radical (unpaired) electrons. The van der Waals surface area contributed by atoms with Gasteiger partial charge in [-0.1, -0.05) is 20.8 Å². The van der Waals surface area contributed by atoms with Crippen LogP contribution in [0.15, 0.2) is 0 Å². The van der Waals surface area contributed by atoms with Gasteiger partial charge >= 0.3 is 0 Å². The van der Waals surface area contributed by atoms with Gasteiger partial charge in [0.15, 0.2) is 0 Å². The summed E-state index contributed by atoms with van der Waals surface area (Å²) >= 11 is 0. The minimum absolute atomic E-state index is 0.282. The highest BCUT2D eigenvalue weighted by Gasteiger charge is 2.60. The van der Waals surface area contributed by atoms with E-state index in [1.807, 2.05) is 0 Å². The van der Waals surface area contributed by atoms with Gasteiger partial charge in [0, 0.05) is 12.3 Å². The minimum atomic E-state index is 0.282. The maximum absolute atomic E-state index is 11.5. The van der Waals surface area contributed by atoms with Gasteiger partial charge < -0.3 is 0 Å². The molecule has 0 saturated heterocycles. The minimum Gasteiger partial charge on any atom is -0.299 e. The number of ketones is 1. The van der Waals surface area contributed by atoms with Crippen LogP contribution in [0, 0.1) is 16.7 Å². The first-order chi connectivity index (χ1) is 4.97. The molecule has 0 N–H and O–H groups in total. The van der Waals surface area contributed by atoms with Gasteiger partial charge in [-0.3, -0.25) is 4.79 Å². The van der Waals surface area contributed by atoms with Crippen LogP contribution in [0.2, 0.25) is 0 Å². The Morgan fingerprint density at radius 2 is 2.00 bits per heavy atom. The molecule has 2 rings (SSSR count). The molecule has 0 spiro atoms. The van der Waals surface area contributed by atoms with Gasteiger partial charge in [-0.15, -0.1) is 0 Å². The summed E-state index contributed by atoms with van der Waals surface area (Å²) in [6.45, 7) is 6.79. The molecular formula is C10H16O. The quantitative estimate of drug-likeness (QED) is 0.521. The number of carbonyl (C=O) groups excluding carboxylic acids is 1. The van der Waals surface area contributed by atoms with Crippen LogP contribution in [0.3, 0.4) is 0 Å². The Morgan fingerprint density at radius 1 is 1.36 bits per heavy atom. The molecule has 1 unspecified atom stereocenters. The lowest BCUT2D eigenvalue weighted by Crippen LogP contribution is -2.26. The molecule has 0 amide bonds. The van der Waals surface area contributed by atoms with Crippen LogP contribution in [-0.4, -0.2) is 5.78 Å². The zero-order chi connectivity index (χ0) is 8.28. The molecule has 2 fully saturated rings. The van der Waals surface area contributed by atoms with Gasteiger partial charge in [0.2, 0.25) is 0 Å². The topological polar surface area (TPSA) is 17.1 Å². The van der Waals surface area contributed by atoms with E-state index in [1.165, 1.54) is 6.42 Å². The molecule has 2 bridgehead atoms. The lowest BCUT2D eigenvalue weighted by Gasteiger charge is -2.33. The van der Waals surface area contributed by atoms with Crippen molar-refractivity contribution in [3.63, 3.8) is 0 Å². The van der Waals surface area contributed by atoms with Crippen molar-refractivity contribution in [1.82, 2.24) is 0 Å². The van der Waals surface area contributed by atoms with Crippen LogP contribution in [0.1, 0.15) is 40.0 Å². The number of rotatable bonds is 0. The summed E-state index contributed by atoms with van der Waals surface area (Å²) in [7, 11) is 0. The van der Waals surface area contributed by atoms with Crippen LogP contribution < -0.4 is 0 Å². The van der Waals surface area contributed by atoms with Crippen molar-refractivity contribution >= 4 is 5.78 Å². The van der Waals surface area contributed by atoms with Crippen molar-refractivity contribution in [2.75, 3.05) is 0 Å². The molecule has 1 nitrogen and oxygen atoms in total. The Morgan fingerprint density at radius 3 is 2.18 bits per heavy atom. The first-order valence-corrected chi connectivity index (χ1v) is 4.50. The Bertz CT molecular complexity index is 214. The fraction of sp³-hybridized carbons (Fsp3) is 0.900. The molecular weight excluding hydrogens is 136 g/mol. The predicted molar refractivity (Wildman–Crippen MR) is 44.2 cm³/mol. The van der Waals surface area contributed by atoms with Gasteiger partial charge in [-0.25, -0.2) is 0 Å². The lowest BCUT2D eigenvalue weighted by atomic mass is 9.71. The molecule has 11 heavy (non-hydrogen) atoms. The summed E-state index contributed by atoms with van der Waals surface area (Å²) in [5.41, 5.74) is 0.610. The highest BCUT2D eigenvalue weighted by molar-refractivity contribution is 5.86. The van der Waals surface area contributed by atoms with Gasteiger partial charge in [-0.05, 0) is 23.7 Å². The van der Waals surface area contributed by atoms with Crippen LogP contribution in [-0.2, 0) is 4.79 Å². The fourth-order valence-corrected chi connectivity index (χ4v) is 2.95. The summed E-state index contributed by atoms with van der Waals surface area (Å²) in [5, 5.41) is 0. The first-order valence-electron chi connectivity index (χ1n) is 4.50. The molecule has 2 atom stereocenters.